The molecule has 0 aliphatic carbocycles. The van der Waals surface area contributed by atoms with Crippen molar-refractivity contribution in [3.63, 3.8) is 0 Å². The monoisotopic (exact) mass is 280 g/mol. The smallest absolute Gasteiger partial charge is 0.339 e. The maximum Gasteiger partial charge on any atom is 0.339 e. The molecule has 0 atom stereocenters. The lowest BCUT2D eigenvalue weighted by atomic mass is 10.1. The first-order valence-corrected chi connectivity index (χ1v) is 6.42. The Morgan fingerprint density at radius 2 is 2.10 bits per heavy atom. The minimum Gasteiger partial charge on any atom is -0.483 e. The van der Waals surface area contributed by atoms with Crippen LogP contribution in [0, 0.1) is 5.92 Å². The van der Waals surface area contributed by atoms with E-state index in [1.807, 2.05) is 0 Å². The average molecular weight is 280 g/mol. The van der Waals surface area contributed by atoms with E-state index in [9.17, 15) is 9.59 Å². The molecule has 1 rings (SSSR count). The standard InChI is InChI=1S/C14H20N2O4/c1-9(2)5-6-16-13(17)8-20-12-7-10(15)3-4-11(12)14(18)19/h3-4,7,9H,5-6,8,15H2,1-2H3,(H,16,17)(H,18,19). The summed E-state index contributed by atoms with van der Waals surface area (Å²) in [6, 6.07) is 4.22. The normalized spacial score (nSPS) is 10.3. The molecular weight excluding hydrogens is 260 g/mol. The molecule has 1 aromatic carbocycles. The molecule has 0 aliphatic rings. The van der Waals surface area contributed by atoms with Crippen LogP contribution in [-0.4, -0.2) is 30.1 Å². The van der Waals surface area contributed by atoms with Gasteiger partial charge in [-0.05, 0) is 24.5 Å². The van der Waals surface area contributed by atoms with Crippen LogP contribution in [-0.2, 0) is 4.79 Å². The molecule has 0 radical (unpaired) electrons. The lowest BCUT2D eigenvalue weighted by molar-refractivity contribution is -0.123. The van der Waals surface area contributed by atoms with E-state index in [4.69, 9.17) is 15.6 Å². The maximum absolute atomic E-state index is 11.5. The van der Waals surface area contributed by atoms with Gasteiger partial charge < -0.3 is 20.9 Å². The van der Waals surface area contributed by atoms with Crippen LogP contribution in [0.15, 0.2) is 18.2 Å². The van der Waals surface area contributed by atoms with Gasteiger partial charge in [0, 0.05) is 18.3 Å². The first-order valence-electron chi connectivity index (χ1n) is 6.42. The first kappa shape index (κ1) is 15.8. The number of hydrogen-bond acceptors (Lipinski definition) is 4. The van der Waals surface area contributed by atoms with Crippen LogP contribution >= 0.6 is 0 Å². The van der Waals surface area contributed by atoms with Crippen LogP contribution in [0.2, 0.25) is 0 Å². The summed E-state index contributed by atoms with van der Waals surface area (Å²) in [6.07, 6.45) is 0.879. The van der Waals surface area contributed by atoms with Crippen molar-refractivity contribution in [3.05, 3.63) is 23.8 Å². The number of carboxylic acids is 1. The fourth-order valence-electron chi connectivity index (χ4n) is 1.53. The first-order chi connectivity index (χ1) is 9.40. The third-order valence-electron chi connectivity index (χ3n) is 2.64. The number of amides is 1. The van der Waals surface area contributed by atoms with E-state index in [2.05, 4.69) is 19.2 Å². The predicted octanol–water partition coefficient (Wildman–Crippen LogP) is 1.51. The fourth-order valence-corrected chi connectivity index (χ4v) is 1.53. The van der Waals surface area contributed by atoms with E-state index in [1.54, 1.807) is 0 Å². The Morgan fingerprint density at radius 3 is 2.70 bits per heavy atom. The van der Waals surface area contributed by atoms with Crippen molar-refractivity contribution in [3.8, 4) is 5.75 Å². The number of nitrogens with two attached hydrogens (primary N) is 1. The number of ether oxygens (including phenoxy) is 1. The Kier molecular flexibility index (Phi) is 5.83. The molecule has 0 fully saturated rings. The number of rotatable bonds is 7. The Hall–Kier alpha value is -2.24. The topological polar surface area (TPSA) is 102 Å². The molecule has 6 heteroatoms. The van der Waals surface area contributed by atoms with Gasteiger partial charge in [0.15, 0.2) is 6.61 Å². The second-order valence-corrected chi connectivity index (χ2v) is 4.88. The van der Waals surface area contributed by atoms with E-state index in [-0.39, 0.29) is 23.8 Å². The SMILES string of the molecule is CC(C)CCNC(=O)COc1cc(N)ccc1C(=O)O. The van der Waals surface area contributed by atoms with Gasteiger partial charge in [-0.2, -0.15) is 0 Å². The second kappa shape index (κ2) is 7.37. The van der Waals surface area contributed by atoms with Gasteiger partial charge in [-0.1, -0.05) is 13.8 Å². The summed E-state index contributed by atoms with van der Waals surface area (Å²) in [5, 5.41) is 11.7. The van der Waals surface area contributed by atoms with Crippen molar-refractivity contribution in [2.24, 2.45) is 5.92 Å². The van der Waals surface area contributed by atoms with Crippen molar-refractivity contribution in [2.75, 3.05) is 18.9 Å². The van der Waals surface area contributed by atoms with Gasteiger partial charge in [0.25, 0.3) is 5.91 Å². The Balaban J connectivity index is 2.54. The molecule has 0 bridgehead atoms. The Morgan fingerprint density at radius 1 is 1.40 bits per heavy atom. The molecule has 4 N–H and O–H groups in total. The minimum atomic E-state index is -1.12. The summed E-state index contributed by atoms with van der Waals surface area (Å²) in [6.45, 7) is 4.47. The average Bonchev–Trinajstić information content (AvgIpc) is 2.35. The third-order valence-corrected chi connectivity index (χ3v) is 2.64. The zero-order valence-corrected chi connectivity index (χ0v) is 11.7. The van der Waals surface area contributed by atoms with Crippen molar-refractivity contribution in [1.82, 2.24) is 5.32 Å². The van der Waals surface area contributed by atoms with E-state index in [1.165, 1.54) is 18.2 Å². The second-order valence-electron chi connectivity index (χ2n) is 4.88. The van der Waals surface area contributed by atoms with Crippen LogP contribution in [0.4, 0.5) is 5.69 Å². The van der Waals surface area contributed by atoms with Crippen LogP contribution in [0.3, 0.4) is 0 Å². The van der Waals surface area contributed by atoms with Gasteiger partial charge in [0.1, 0.15) is 11.3 Å². The molecule has 6 nitrogen and oxygen atoms in total. The van der Waals surface area contributed by atoms with Crippen molar-refractivity contribution < 1.29 is 19.4 Å². The molecule has 0 saturated carbocycles. The molecule has 0 heterocycles. The number of aromatic carboxylic acids is 1. The molecule has 20 heavy (non-hydrogen) atoms. The molecule has 0 aliphatic heterocycles. The molecule has 1 amide bonds. The summed E-state index contributed by atoms with van der Waals surface area (Å²) >= 11 is 0. The lowest BCUT2D eigenvalue weighted by Gasteiger charge is -2.11. The van der Waals surface area contributed by atoms with Crippen molar-refractivity contribution >= 4 is 17.6 Å². The van der Waals surface area contributed by atoms with Gasteiger partial charge in [0.05, 0.1) is 0 Å². The van der Waals surface area contributed by atoms with Gasteiger partial charge in [-0.15, -0.1) is 0 Å². The van der Waals surface area contributed by atoms with E-state index >= 15 is 0 Å². The van der Waals surface area contributed by atoms with E-state index < -0.39 is 5.97 Å². The summed E-state index contributed by atoms with van der Waals surface area (Å²) < 4.78 is 5.23. The van der Waals surface area contributed by atoms with Gasteiger partial charge in [0.2, 0.25) is 0 Å². The predicted molar refractivity (Wildman–Crippen MR) is 75.8 cm³/mol. The zero-order valence-electron chi connectivity index (χ0n) is 11.7. The largest absolute Gasteiger partial charge is 0.483 e. The highest BCUT2D eigenvalue weighted by Gasteiger charge is 2.13. The number of carboxylic acid groups (broad SMARTS) is 1. The summed E-state index contributed by atoms with van der Waals surface area (Å²) in [7, 11) is 0. The molecule has 0 aromatic heterocycles. The van der Waals surface area contributed by atoms with E-state index in [0.717, 1.165) is 6.42 Å². The summed E-state index contributed by atoms with van der Waals surface area (Å²) in [5.74, 6) is -0.815. The number of nitrogens with one attached hydrogen (secondary N) is 1. The summed E-state index contributed by atoms with van der Waals surface area (Å²) in [4.78, 5) is 22.6. The highest BCUT2D eigenvalue weighted by Crippen LogP contribution is 2.21. The number of hydrogen-bond donors (Lipinski definition) is 3. The highest BCUT2D eigenvalue weighted by molar-refractivity contribution is 5.91. The Bertz CT molecular complexity index is 486. The molecule has 0 unspecified atom stereocenters. The van der Waals surface area contributed by atoms with Crippen LogP contribution < -0.4 is 15.8 Å². The fraction of sp³-hybridized carbons (Fsp3) is 0.429. The Labute approximate surface area is 117 Å². The number of carbonyl (C=O) groups is 2. The number of anilines is 1. The molecule has 0 saturated heterocycles. The summed E-state index contributed by atoms with van der Waals surface area (Å²) in [5.41, 5.74) is 5.93. The van der Waals surface area contributed by atoms with Crippen LogP contribution in [0.25, 0.3) is 0 Å². The molecule has 0 spiro atoms. The number of carbonyl (C=O) groups excluding carboxylic acids is 1. The lowest BCUT2D eigenvalue weighted by Crippen LogP contribution is -2.30. The van der Waals surface area contributed by atoms with Gasteiger partial charge >= 0.3 is 5.97 Å². The molecule has 1 aromatic rings. The minimum absolute atomic E-state index is 0.0193. The quantitative estimate of drug-likeness (QED) is 0.657. The van der Waals surface area contributed by atoms with Crippen LogP contribution in [0.1, 0.15) is 30.6 Å². The number of nitrogen functional groups attached to an aromatic ring is 1. The zero-order chi connectivity index (χ0) is 15.1. The van der Waals surface area contributed by atoms with Gasteiger partial charge in [-0.25, -0.2) is 4.79 Å². The van der Waals surface area contributed by atoms with Crippen molar-refractivity contribution in [1.29, 1.82) is 0 Å². The number of benzene rings is 1. The van der Waals surface area contributed by atoms with Gasteiger partial charge in [-0.3, -0.25) is 4.79 Å². The highest BCUT2D eigenvalue weighted by atomic mass is 16.5. The van der Waals surface area contributed by atoms with Crippen molar-refractivity contribution in [2.45, 2.75) is 20.3 Å². The van der Waals surface area contributed by atoms with E-state index in [0.29, 0.717) is 18.2 Å². The maximum atomic E-state index is 11.5. The van der Waals surface area contributed by atoms with Crippen LogP contribution in [0.5, 0.6) is 5.75 Å². The third kappa shape index (κ3) is 5.17. The molecule has 110 valence electrons. The molecular formula is C14H20N2O4.